The van der Waals surface area contributed by atoms with E-state index in [1.165, 1.54) is 6.07 Å². The van der Waals surface area contributed by atoms with Gasteiger partial charge in [-0.25, -0.2) is 4.79 Å². The predicted octanol–water partition coefficient (Wildman–Crippen LogP) is 7.31. The van der Waals surface area contributed by atoms with Crippen LogP contribution in [0.25, 0.3) is 0 Å². The molecule has 0 heterocycles. The monoisotopic (exact) mass is 625 g/mol. The van der Waals surface area contributed by atoms with E-state index in [9.17, 15) is 27.6 Å². The lowest BCUT2D eigenvalue weighted by atomic mass is 9.71. The SMILES string of the molecule is CC(C)(C)C1CCC(N(Cc2ccc(C(=O)NCCC(=O)O)cc2)C(=O)Nc2cc(Br)cc(C(F)(F)F)c2)CC1. The summed E-state index contributed by atoms with van der Waals surface area (Å²) < 4.78 is 40.3. The Morgan fingerprint density at radius 2 is 1.62 bits per heavy atom. The van der Waals surface area contributed by atoms with Crippen molar-refractivity contribution in [3.05, 3.63) is 63.6 Å². The number of benzene rings is 2. The minimum absolute atomic E-state index is 0.00671. The Kier molecular flexibility index (Phi) is 10.3. The number of urea groups is 1. The molecular formula is C29H35BrF3N3O4. The van der Waals surface area contributed by atoms with Gasteiger partial charge >= 0.3 is 18.2 Å². The second kappa shape index (κ2) is 13.1. The summed E-state index contributed by atoms with van der Waals surface area (Å²) in [5, 5.41) is 13.9. The molecule has 0 bridgehead atoms. The van der Waals surface area contributed by atoms with Crippen molar-refractivity contribution in [2.75, 3.05) is 11.9 Å². The fourth-order valence-corrected chi connectivity index (χ4v) is 5.48. The summed E-state index contributed by atoms with van der Waals surface area (Å²) in [5.74, 6) is -0.909. The van der Waals surface area contributed by atoms with Crippen LogP contribution < -0.4 is 10.6 Å². The minimum atomic E-state index is -4.56. The van der Waals surface area contributed by atoms with Gasteiger partial charge in [0.2, 0.25) is 0 Å². The molecular weight excluding hydrogens is 591 g/mol. The van der Waals surface area contributed by atoms with Gasteiger partial charge in [-0.1, -0.05) is 48.8 Å². The Morgan fingerprint density at radius 1 is 1.00 bits per heavy atom. The van der Waals surface area contributed by atoms with Crippen LogP contribution in [0.15, 0.2) is 46.9 Å². The fraction of sp³-hybridized carbons (Fsp3) is 0.483. The lowest BCUT2D eigenvalue weighted by Crippen LogP contribution is -2.45. The average Bonchev–Trinajstić information content (AvgIpc) is 2.86. The number of carboxylic acid groups (broad SMARTS) is 1. The van der Waals surface area contributed by atoms with Crippen molar-refractivity contribution in [3.8, 4) is 0 Å². The molecule has 0 aromatic heterocycles. The van der Waals surface area contributed by atoms with Gasteiger partial charge in [-0.3, -0.25) is 9.59 Å². The Bertz CT molecular complexity index is 1200. The number of amides is 3. The van der Waals surface area contributed by atoms with Gasteiger partial charge in [-0.05, 0) is 72.9 Å². The van der Waals surface area contributed by atoms with Crippen molar-refractivity contribution < 1.29 is 32.7 Å². The first-order valence-electron chi connectivity index (χ1n) is 13.2. The zero-order valence-corrected chi connectivity index (χ0v) is 24.4. The van der Waals surface area contributed by atoms with Gasteiger partial charge in [-0.2, -0.15) is 13.2 Å². The third-order valence-corrected chi connectivity index (χ3v) is 7.75. The quantitative estimate of drug-likeness (QED) is 0.286. The molecule has 0 spiro atoms. The maximum atomic E-state index is 13.5. The molecule has 1 saturated carbocycles. The number of anilines is 1. The van der Waals surface area contributed by atoms with Crippen molar-refractivity contribution in [1.82, 2.24) is 10.2 Å². The van der Waals surface area contributed by atoms with Crippen molar-refractivity contribution in [2.45, 2.75) is 71.6 Å². The highest BCUT2D eigenvalue weighted by atomic mass is 79.9. The van der Waals surface area contributed by atoms with Crippen molar-refractivity contribution in [2.24, 2.45) is 11.3 Å². The van der Waals surface area contributed by atoms with Gasteiger partial charge in [0.25, 0.3) is 5.91 Å². The summed E-state index contributed by atoms with van der Waals surface area (Å²) in [7, 11) is 0. The maximum absolute atomic E-state index is 13.5. The van der Waals surface area contributed by atoms with E-state index in [0.29, 0.717) is 11.5 Å². The van der Waals surface area contributed by atoms with E-state index in [1.54, 1.807) is 29.2 Å². The topological polar surface area (TPSA) is 98.7 Å². The van der Waals surface area contributed by atoms with E-state index in [-0.39, 0.29) is 41.1 Å². The zero-order valence-electron chi connectivity index (χ0n) is 22.8. The van der Waals surface area contributed by atoms with Gasteiger partial charge in [0.05, 0.1) is 12.0 Å². The second-order valence-corrected chi connectivity index (χ2v) is 12.2. The first-order valence-corrected chi connectivity index (χ1v) is 14.0. The molecule has 0 aliphatic heterocycles. The molecule has 1 fully saturated rings. The van der Waals surface area contributed by atoms with E-state index in [1.807, 2.05) is 0 Å². The molecule has 2 aromatic carbocycles. The van der Waals surface area contributed by atoms with E-state index in [2.05, 4.69) is 47.3 Å². The molecule has 1 aliphatic rings. The molecule has 2 aromatic rings. The Balaban J connectivity index is 1.79. The number of alkyl halides is 3. The number of halogens is 4. The Hall–Kier alpha value is -3.08. The van der Waals surface area contributed by atoms with E-state index >= 15 is 0 Å². The highest BCUT2D eigenvalue weighted by Crippen LogP contribution is 2.39. The lowest BCUT2D eigenvalue weighted by Gasteiger charge is -2.41. The number of nitrogens with zero attached hydrogens (tertiary/aromatic N) is 1. The molecule has 40 heavy (non-hydrogen) atoms. The van der Waals surface area contributed by atoms with Crippen LogP contribution >= 0.6 is 15.9 Å². The van der Waals surface area contributed by atoms with E-state index in [4.69, 9.17) is 5.11 Å². The largest absolute Gasteiger partial charge is 0.481 e. The molecule has 0 radical (unpaired) electrons. The summed E-state index contributed by atoms with van der Waals surface area (Å²) in [6, 6.07) is 9.33. The smallest absolute Gasteiger partial charge is 0.416 e. The van der Waals surface area contributed by atoms with Gasteiger partial charge in [0, 0.05) is 34.9 Å². The summed E-state index contributed by atoms with van der Waals surface area (Å²) in [4.78, 5) is 38.1. The van der Waals surface area contributed by atoms with Crippen LogP contribution in [0.4, 0.5) is 23.7 Å². The molecule has 0 atom stereocenters. The van der Waals surface area contributed by atoms with Gasteiger partial charge in [-0.15, -0.1) is 0 Å². The molecule has 3 rings (SSSR count). The van der Waals surface area contributed by atoms with Gasteiger partial charge in [0.15, 0.2) is 0 Å². The predicted molar refractivity (Wildman–Crippen MR) is 150 cm³/mol. The summed E-state index contributed by atoms with van der Waals surface area (Å²) in [6.45, 7) is 6.82. The molecule has 3 amide bonds. The number of rotatable bonds is 8. The van der Waals surface area contributed by atoms with Crippen LogP contribution in [0.1, 0.15) is 74.4 Å². The summed E-state index contributed by atoms with van der Waals surface area (Å²) in [5.41, 5.74) is 0.411. The van der Waals surface area contributed by atoms with E-state index in [0.717, 1.165) is 43.4 Å². The number of nitrogens with one attached hydrogen (secondary N) is 2. The van der Waals surface area contributed by atoms with Crippen molar-refractivity contribution in [3.63, 3.8) is 0 Å². The van der Waals surface area contributed by atoms with Crippen LogP contribution in [0.5, 0.6) is 0 Å². The number of carboxylic acids is 1. The summed E-state index contributed by atoms with van der Waals surface area (Å²) in [6.07, 6.45) is -1.34. The number of hydrogen-bond donors (Lipinski definition) is 3. The van der Waals surface area contributed by atoms with Crippen molar-refractivity contribution >= 4 is 39.5 Å². The Labute approximate surface area is 240 Å². The number of carbonyl (C=O) groups excluding carboxylic acids is 2. The standard InChI is InChI=1S/C29H35BrF3N3O4/c1-28(2,3)20-8-10-24(11-9-20)36(27(40)35-23-15-21(29(31,32)33)14-22(30)16-23)17-18-4-6-19(7-5-18)26(39)34-13-12-25(37)38/h4-7,14-16,20,24H,8-13,17H2,1-3H3,(H,34,39)(H,35,40)(H,37,38). The highest BCUT2D eigenvalue weighted by Gasteiger charge is 2.34. The summed E-state index contributed by atoms with van der Waals surface area (Å²) >= 11 is 3.10. The fourth-order valence-electron chi connectivity index (χ4n) is 4.98. The molecule has 0 saturated heterocycles. The molecule has 3 N–H and O–H groups in total. The first kappa shape index (κ1) is 31.4. The van der Waals surface area contributed by atoms with Crippen LogP contribution in [0, 0.1) is 11.3 Å². The minimum Gasteiger partial charge on any atom is -0.481 e. The van der Waals surface area contributed by atoms with Crippen LogP contribution in [0.3, 0.4) is 0 Å². The first-order chi connectivity index (χ1) is 18.6. The normalized spacial score (nSPS) is 17.7. The highest BCUT2D eigenvalue weighted by molar-refractivity contribution is 9.10. The molecule has 218 valence electrons. The number of hydrogen-bond acceptors (Lipinski definition) is 3. The van der Waals surface area contributed by atoms with Gasteiger partial charge in [0.1, 0.15) is 0 Å². The number of aliphatic carboxylic acids is 1. The third-order valence-electron chi connectivity index (χ3n) is 7.29. The molecule has 11 heteroatoms. The van der Waals surface area contributed by atoms with Crippen LogP contribution in [-0.4, -0.2) is 40.5 Å². The second-order valence-electron chi connectivity index (χ2n) is 11.3. The van der Waals surface area contributed by atoms with Gasteiger partial charge < -0.3 is 20.6 Å². The van der Waals surface area contributed by atoms with E-state index < -0.39 is 29.6 Å². The molecule has 1 aliphatic carbocycles. The van der Waals surface area contributed by atoms with Crippen molar-refractivity contribution in [1.29, 1.82) is 0 Å². The third kappa shape index (κ3) is 8.97. The Morgan fingerprint density at radius 3 is 2.17 bits per heavy atom. The zero-order chi connectivity index (χ0) is 29.7. The lowest BCUT2D eigenvalue weighted by molar-refractivity contribution is -0.138. The number of carbonyl (C=O) groups is 3. The van der Waals surface area contributed by atoms with Crippen LogP contribution in [0.2, 0.25) is 0 Å². The molecule has 7 nitrogen and oxygen atoms in total. The average molecular weight is 627 g/mol. The maximum Gasteiger partial charge on any atom is 0.416 e. The molecule has 0 unspecified atom stereocenters. The van der Waals surface area contributed by atoms with Crippen LogP contribution in [-0.2, 0) is 17.5 Å².